The van der Waals surface area contributed by atoms with E-state index in [4.69, 9.17) is 4.52 Å². The molecule has 124 valence electrons. The number of benzene rings is 1. The highest BCUT2D eigenvalue weighted by atomic mass is 32.2. The van der Waals surface area contributed by atoms with E-state index in [0.29, 0.717) is 23.2 Å². The third kappa shape index (κ3) is 3.79. The van der Waals surface area contributed by atoms with Gasteiger partial charge >= 0.3 is 0 Å². The minimum Gasteiger partial charge on any atom is -0.338 e. The first-order valence-corrected chi connectivity index (χ1v) is 9.56. The molecule has 7 heteroatoms. The minimum atomic E-state index is -3.16. The highest BCUT2D eigenvalue weighted by Crippen LogP contribution is 2.38. The highest BCUT2D eigenvalue weighted by Gasteiger charge is 2.29. The molecule has 0 spiro atoms. The Balaban J connectivity index is 1.67. The van der Waals surface area contributed by atoms with Crippen molar-refractivity contribution in [2.75, 3.05) is 13.3 Å². The van der Waals surface area contributed by atoms with Crippen molar-refractivity contribution < 1.29 is 12.9 Å². The Hall–Kier alpha value is -1.73. The van der Waals surface area contributed by atoms with Gasteiger partial charge in [0.25, 0.3) is 0 Å². The summed E-state index contributed by atoms with van der Waals surface area (Å²) in [5.41, 5.74) is 1.04. The van der Waals surface area contributed by atoms with Crippen LogP contribution in [-0.2, 0) is 16.4 Å². The molecule has 0 aliphatic heterocycles. The van der Waals surface area contributed by atoms with E-state index in [1.165, 1.54) is 6.26 Å². The normalized spacial score (nSPS) is 16.7. The summed E-state index contributed by atoms with van der Waals surface area (Å²) in [4.78, 5) is 6.87. The SMILES string of the molecule is CC(c1ccc(S(C)(=O)=O)cc1)N(C)Cc1nc(C2CC2)no1. The molecule has 1 heterocycles. The van der Waals surface area contributed by atoms with E-state index in [-0.39, 0.29) is 6.04 Å². The predicted octanol–water partition coefficient (Wildman–Crippen LogP) is 2.54. The number of rotatable bonds is 6. The number of sulfone groups is 1. The summed E-state index contributed by atoms with van der Waals surface area (Å²) in [6.07, 6.45) is 3.51. The molecule has 1 aliphatic carbocycles. The maximum Gasteiger partial charge on any atom is 0.240 e. The second-order valence-electron chi connectivity index (χ2n) is 6.25. The first kappa shape index (κ1) is 16.1. The molecule has 1 aliphatic rings. The van der Waals surface area contributed by atoms with Gasteiger partial charge in [0.15, 0.2) is 15.7 Å². The number of aromatic nitrogens is 2. The molecule has 1 aromatic heterocycles. The zero-order valence-electron chi connectivity index (χ0n) is 13.6. The van der Waals surface area contributed by atoms with Crippen molar-refractivity contribution in [2.45, 2.75) is 43.2 Å². The van der Waals surface area contributed by atoms with Crippen LogP contribution in [0.25, 0.3) is 0 Å². The van der Waals surface area contributed by atoms with Crippen molar-refractivity contribution in [3.63, 3.8) is 0 Å². The molecule has 1 fully saturated rings. The van der Waals surface area contributed by atoms with E-state index in [1.54, 1.807) is 12.1 Å². The van der Waals surface area contributed by atoms with Gasteiger partial charge in [-0.15, -0.1) is 0 Å². The van der Waals surface area contributed by atoms with E-state index < -0.39 is 9.84 Å². The second kappa shape index (κ2) is 6.05. The molecule has 1 atom stereocenters. The van der Waals surface area contributed by atoms with Crippen molar-refractivity contribution in [1.29, 1.82) is 0 Å². The summed E-state index contributed by atoms with van der Waals surface area (Å²) in [6, 6.07) is 7.10. The van der Waals surface area contributed by atoms with Crippen molar-refractivity contribution in [3.05, 3.63) is 41.5 Å². The number of hydrogen-bond acceptors (Lipinski definition) is 6. The Kier molecular flexibility index (Phi) is 4.25. The molecule has 3 rings (SSSR count). The van der Waals surface area contributed by atoms with Gasteiger partial charge in [0, 0.05) is 18.2 Å². The largest absolute Gasteiger partial charge is 0.338 e. The molecule has 2 aromatic rings. The standard InChI is InChI=1S/C16H21N3O3S/c1-11(12-6-8-14(9-7-12)23(3,20)21)19(2)10-15-17-16(18-22-15)13-4-5-13/h6-9,11,13H,4-5,10H2,1-3H3. The van der Waals surface area contributed by atoms with Crippen LogP contribution >= 0.6 is 0 Å². The first-order chi connectivity index (χ1) is 10.8. The monoisotopic (exact) mass is 335 g/mol. The molecule has 6 nitrogen and oxygen atoms in total. The van der Waals surface area contributed by atoms with Crippen LogP contribution < -0.4 is 0 Å². The zero-order chi connectivity index (χ0) is 16.6. The summed E-state index contributed by atoms with van der Waals surface area (Å²) >= 11 is 0. The summed E-state index contributed by atoms with van der Waals surface area (Å²) in [5, 5.41) is 4.02. The molecular formula is C16H21N3O3S. The van der Waals surface area contributed by atoms with E-state index >= 15 is 0 Å². The van der Waals surface area contributed by atoms with Crippen molar-refractivity contribution in [3.8, 4) is 0 Å². The fourth-order valence-electron chi connectivity index (χ4n) is 2.44. The van der Waals surface area contributed by atoms with Gasteiger partial charge in [-0.05, 0) is 44.5 Å². The predicted molar refractivity (Wildman–Crippen MR) is 85.7 cm³/mol. The van der Waals surface area contributed by atoms with Crippen LogP contribution in [0.3, 0.4) is 0 Å². The van der Waals surface area contributed by atoms with Gasteiger partial charge in [-0.3, -0.25) is 4.90 Å². The molecule has 1 unspecified atom stereocenters. The van der Waals surface area contributed by atoms with E-state index in [0.717, 1.165) is 24.2 Å². The fourth-order valence-corrected chi connectivity index (χ4v) is 3.07. The summed E-state index contributed by atoms with van der Waals surface area (Å²) in [5.74, 6) is 1.92. The average Bonchev–Trinajstić information content (AvgIpc) is 3.26. The maximum absolute atomic E-state index is 11.5. The Morgan fingerprint density at radius 2 is 1.96 bits per heavy atom. The molecule has 1 aromatic carbocycles. The Bertz CT molecular complexity index is 779. The smallest absolute Gasteiger partial charge is 0.240 e. The molecule has 0 bridgehead atoms. The Morgan fingerprint density at radius 1 is 1.30 bits per heavy atom. The lowest BCUT2D eigenvalue weighted by atomic mass is 10.1. The molecule has 23 heavy (non-hydrogen) atoms. The van der Waals surface area contributed by atoms with Gasteiger partial charge < -0.3 is 4.52 Å². The van der Waals surface area contributed by atoms with E-state index in [9.17, 15) is 8.42 Å². The molecule has 0 amide bonds. The lowest BCUT2D eigenvalue weighted by Gasteiger charge is -2.23. The zero-order valence-corrected chi connectivity index (χ0v) is 14.4. The van der Waals surface area contributed by atoms with Crippen LogP contribution in [-0.4, -0.2) is 36.8 Å². The molecular weight excluding hydrogens is 314 g/mol. The van der Waals surface area contributed by atoms with Crippen LogP contribution in [0.2, 0.25) is 0 Å². The quantitative estimate of drug-likeness (QED) is 0.807. The molecule has 0 N–H and O–H groups in total. The van der Waals surface area contributed by atoms with Crippen LogP contribution in [0.15, 0.2) is 33.7 Å². The van der Waals surface area contributed by atoms with Crippen LogP contribution in [0.1, 0.15) is 49.0 Å². The molecule has 0 saturated heterocycles. The lowest BCUT2D eigenvalue weighted by Crippen LogP contribution is -2.22. The maximum atomic E-state index is 11.5. The van der Waals surface area contributed by atoms with Gasteiger partial charge in [0.2, 0.25) is 5.89 Å². The van der Waals surface area contributed by atoms with Gasteiger partial charge in [0.05, 0.1) is 11.4 Å². The second-order valence-corrected chi connectivity index (χ2v) is 8.27. The van der Waals surface area contributed by atoms with Crippen LogP contribution in [0.4, 0.5) is 0 Å². The third-order valence-electron chi connectivity index (χ3n) is 4.26. The van der Waals surface area contributed by atoms with E-state index in [2.05, 4.69) is 22.0 Å². The van der Waals surface area contributed by atoms with Crippen LogP contribution in [0, 0.1) is 0 Å². The van der Waals surface area contributed by atoms with Crippen LogP contribution in [0.5, 0.6) is 0 Å². The number of hydrogen-bond donors (Lipinski definition) is 0. The van der Waals surface area contributed by atoms with Gasteiger partial charge in [-0.1, -0.05) is 17.3 Å². The third-order valence-corrected chi connectivity index (χ3v) is 5.39. The molecule has 1 saturated carbocycles. The first-order valence-electron chi connectivity index (χ1n) is 7.67. The molecule has 0 radical (unpaired) electrons. The van der Waals surface area contributed by atoms with Crippen molar-refractivity contribution >= 4 is 9.84 Å². The van der Waals surface area contributed by atoms with Gasteiger partial charge in [-0.25, -0.2) is 8.42 Å². The lowest BCUT2D eigenvalue weighted by molar-refractivity contribution is 0.216. The highest BCUT2D eigenvalue weighted by molar-refractivity contribution is 7.90. The Morgan fingerprint density at radius 3 is 2.52 bits per heavy atom. The summed E-state index contributed by atoms with van der Waals surface area (Å²) in [7, 11) is -1.18. The topological polar surface area (TPSA) is 76.3 Å². The Labute approximate surface area is 136 Å². The average molecular weight is 335 g/mol. The van der Waals surface area contributed by atoms with E-state index in [1.807, 2.05) is 19.2 Å². The van der Waals surface area contributed by atoms with Gasteiger partial charge in [0.1, 0.15) is 0 Å². The fraction of sp³-hybridized carbons (Fsp3) is 0.500. The number of nitrogens with zero attached hydrogens (tertiary/aromatic N) is 3. The van der Waals surface area contributed by atoms with Crippen molar-refractivity contribution in [2.24, 2.45) is 0 Å². The van der Waals surface area contributed by atoms with Crippen molar-refractivity contribution in [1.82, 2.24) is 15.0 Å². The minimum absolute atomic E-state index is 0.111. The summed E-state index contributed by atoms with van der Waals surface area (Å²) < 4.78 is 28.3. The summed E-state index contributed by atoms with van der Waals surface area (Å²) in [6.45, 7) is 2.63. The van der Waals surface area contributed by atoms with Gasteiger partial charge in [-0.2, -0.15) is 4.98 Å².